The summed E-state index contributed by atoms with van der Waals surface area (Å²) in [4.78, 5) is 0. The Morgan fingerprint density at radius 1 is 1.21 bits per heavy atom. The van der Waals surface area contributed by atoms with Crippen LogP contribution in [0.3, 0.4) is 0 Å². The quantitative estimate of drug-likeness (QED) is 0.793. The third-order valence-electron chi connectivity index (χ3n) is 3.03. The summed E-state index contributed by atoms with van der Waals surface area (Å²) in [5.41, 5.74) is 0.760. The van der Waals surface area contributed by atoms with Gasteiger partial charge in [0.25, 0.3) is 0 Å². The average Bonchev–Trinajstić information content (AvgIpc) is 2.37. The molecule has 4 nitrogen and oxygen atoms in total. The maximum absolute atomic E-state index is 9.60. The first kappa shape index (κ1) is 15.8. The van der Waals surface area contributed by atoms with Gasteiger partial charge < -0.3 is 19.9 Å². The third kappa shape index (κ3) is 4.40. The van der Waals surface area contributed by atoms with Gasteiger partial charge in [0.15, 0.2) is 11.5 Å². The van der Waals surface area contributed by atoms with E-state index >= 15 is 0 Å². The molecule has 0 aliphatic carbocycles. The van der Waals surface area contributed by atoms with Gasteiger partial charge in [0.1, 0.15) is 0 Å². The second kappa shape index (κ2) is 6.78. The number of nitrogens with one attached hydrogen (secondary N) is 1. The predicted molar refractivity (Wildman–Crippen MR) is 77.0 cm³/mol. The van der Waals surface area contributed by atoms with Crippen molar-refractivity contribution in [1.82, 2.24) is 5.32 Å². The van der Waals surface area contributed by atoms with Gasteiger partial charge in [-0.05, 0) is 31.0 Å². The Kier molecular flexibility index (Phi) is 5.63. The van der Waals surface area contributed by atoms with Gasteiger partial charge in [0, 0.05) is 11.6 Å². The number of hydrogen-bond donors (Lipinski definition) is 2. The topological polar surface area (TPSA) is 50.7 Å². The molecule has 0 aliphatic heterocycles. The van der Waals surface area contributed by atoms with E-state index in [0.29, 0.717) is 17.5 Å². The standard InChI is InChI=1S/C15H25NO3/c1-11(2)16-15(3,10-17)9-12-6-7-13(18-4)14(8-12)19-5/h6-8,11,16-17H,9-10H2,1-5H3. The number of rotatable bonds is 7. The highest BCUT2D eigenvalue weighted by molar-refractivity contribution is 5.43. The molecule has 108 valence electrons. The van der Waals surface area contributed by atoms with Crippen molar-refractivity contribution < 1.29 is 14.6 Å². The van der Waals surface area contributed by atoms with Crippen LogP contribution >= 0.6 is 0 Å². The first-order valence-corrected chi connectivity index (χ1v) is 6.53. The number of aliphatic hydroxyl groups is 1. The lowest BCUT2D eigenvalue weighted by molar-refractivity contribution is 0.165. The molecule has 0 saturated carbocycles. The van der Waals surface area contributed by atoms with E-state index in [9.17, 15) is 5.11 Å². The normalized spacial score (nSPS) is 14.3. The molecule has 0 spiro atoms. The zero-order valence-electron chi connectivity index (χ0n) is 12.5. The van der Waals surface area contributed by atoms with Crippen LogP contribution in [0.4, 0.5) is 0 Å². The predicted octanol–water partition coefficient (Wildman–Crippen LogP) is 2.00. The van der Waals surface area contributed by atoms with Crippen molar-refractivity contribution in [3.05, 3.63) is 23.8 Å². The minimum Gasteiger partial charge on any atom is -0.493 e. The second-order valence-corrected chi connectivity index (χ2v) is 5.38. The summed E-state index contributed by atoms with van der Waals surface area (Å²) in [7, 11) is 3.24. The highest BCUT2D eigenvalue weighted by Crippen LogP contribution is 2.29. The summed E-state index contributed by atoms with van der Waals surface area (Å²) in [5, 5.41) is 13.0. The molecular weight excluding hydrogens is 242 g/mol. The monoisotopic (exact) mass is 267 g/mol. The van der Waals surface area contributed by atoms with Crippen molar-refractivity contribution in [2.24, 2.45) is 0 Å². The van der Waals surface area contributed by atoms with Crippen molar-refractivity contribution in [2.75, 3.05) is 20.8 Å². The summed E-state index contributed by atoms with van der Waals surface area (Å²) in [6.07, 6.45) is 0.724. The van der Waals surface area contributed by atoms with Gasteiger partial charge in [0.05, 0.1) is 20.8 Å². The van der Waals surface area contributed by atoms with E-state index in [1.807, 2.05) is 25.1 Å². The van der Waals surface area contributed by atoms with E-state index < -0.39 is 0 Å². The van der Waals surface area contributed by atoms with Crippen LogP contribution in [0.2, 0.25) is 0 Å². The number of ether oxygens (including phenoxy) is 2. The molecule has 0 aliphatic rings. The van der Waals surface area contributed by atoms with Crippen LogP contribution in [0.1, 0.15) is 26.3 Å². The SMILES string of the molecule is COc1ccc(CC(C)(CO)NC(C)C)cc1OC. The van der Waals surface area contributed by atoms with Crippen molar-refractivity contribution in [1.29, 1.82) is 0 Å². The second-order valence-electron chi connectivity index (χ2n) is 5.38. The molecule has 2 N–H and O–H groups in total. The molecule has 0 radical (unpaired) electrons. The fraction of sp³-hybridized carbons (Fsp3) is 0.600. The first-order chi connectivity index (χ1) is 8.94. The van der Waals surface area contributed by atoms with E-state index in [1.165, 1.54) is 0 Å². The molecule has 0 heterocycles. The van der Waals surface area contributed by atoms with Crippen LogP contribution in [0.25, 0.3) is 0 Å². The fourth-order valence-corrected chi connectivity index (χ4v) is 2.29. The Bertz CT molecular complexity index is 406. The molecule has 0 amide bonds. The van der Waals surface area contributed by atoms with E-state index in [0.717, 1.165) is 12.0 Å². The van der Waals surface area contributed by atoms with Crippen molar-refractivity contribution in [3.63, 3.8) is 0 Å². The van der Waals surface area contributed by atoms with Crippen molar-refractivity contribution >= 4 is 0 Å². The number of benzene rings is 1. The van der Waals surface area contributed by atoms with Gasteiger partial charge in [-0.2, -0.15) is 0 Å². The lowest BCUT2D eigenvalue weighted by Gasteiger charge is -2.31. The van der Waals surface area contributed by atoms with Crippen molar-refractivity contribution in [3.8, 4) is 11.5 Å². The smallest absolute Gasteiger partial charge is 0.160 e. The summed E-state index contributed by atoms with van der Waals surface area (Å²) in [6.45, 7) is 6.24. The molecule has 0 fully saturated rings. The summed E-state index contributed by atoms with van der Waals surface area (Å²) >= 11 is 0. The Hall–Kier alpha value is -1.26. The van der Waals surface area contributed by atoms with Crippen LogP contribution in [-0.4, -0.2) is 37.5 Å². The average molecular weight is 267 g/mol. The Morgan fingerprint density at radius 3 is 2.32 bits per heavy atom. The van der Waals surface area contributed by atoms with Crippen LogP contribution < -0.4 is 14.8 Å². The summed E-state index contributed by atoms with van der Waals surface area (Å²) in [5.74, 6) is 1.43. The number of aliphatic hydroxyl groups excluding tert-OH is 1. The molecule has 0 aromatic heterocycles. The van der Waals surface area contributed by atoms with Crippen LogP contribution in [-0.2, 0) is 6.42 Å². The molecule has 1 rings (SSSR count). The van der Waals surface area contributed by atoms with Gasteiger partial charge in [-0.3, -0.25) is 0 Å². The molecule has 1 unspecified atom stereocenters. The maximum Gasteiger partial charge on any atom is 0.160 e. The van der Waals surface area contributed by atoms with Crippen LogP contribution in [0, 0.1) is 0 Å². The molecule has 1 aromatic carbocycles. The van der Waals surface area contributed by atoms with E-state index in [1.54, 1.807) is 14.2 Å². The summed E-state index contributed by atoms with van der Waals surface area (Å²) < 4.78 is 10.5. The lowest BCUT2D eigenvalue weighted by atomic mass is 9.92. The molecule has 0 bridgehead atoms. The minimum absolute atomic E-state index is 0.0829. The Labute approximate surface area is 115 Å². The number of methoxy groups -OCH3 is 2. The molecular formula is C15H25NO3. The molecule has 4 heteroatoms. The maximum atomic E-state index is 9.60. The fourth-order valence-electron chi connectivity index (χ4n) is 2.29. The Balaban J connectivity index is 2.91. The molecule has 1 aromatic rings. The largest absolute Gasteiger partial charge is 0.493 e. The summed E-state index contributed by atoms with van der Waals surface area (Å²) in [6, 6.07) is 6.16. The zero-order valence-corrected chi connectivity index (χ0v) is 12.5. The van der Waals surface area contributed by atoms with Gasteiger partial charge in [-0.1, -0.05) is 19.9 Å². The molecule has 19 heavy (non-hydrogen) atoms. The first-order valence-electron chi connectivity index (χ1n) is 6.53. The van der Waals surface area contributed by atoms with Gasteiger partial charge in [-0.15, -0.1) is 0 Å². The highest BCUT2D eigenvalue weighted by atomic mass is 16.5. The van der Waals surface area contributed by atoms with E-state index in [-0.39, 0.29) is 12.1 Å². The Morgan fingerprint density at radius 2 is 1.84 bits per heavy atom. The molecule has 1 atom stereocenters. The lowest BCUT2D eigenvalue weighted by Crippen LogP contribution is -2.50. The zero-order chi connectivity index (χ0) is 14.5. The van der Waals surface area contributed by atoms with Crippen molar-refractivity contribution in [2.45, 2.75) is 38.8 Å². The van der Waals surface area contributed by atoms with Gasteiger partial charge in [-0.25, -0.2) is 0 Å². The number of hydrogen-bond acceptors (Lipinski definition) is 4. The van der Waals surface area contributed by atoms with Crippen LogP contribution in [0.15, 0.2) is 18.2 Å². The highest BCUT2D eigenvalue weighted by Gasteiger charge is 2.24. The van der Waals surface area contributed by atoms with Gasteiger partial charge in [0.2, 0.25) is 0 Å². The van der Waals surface area contributed by atoms with E-state index in [2.05, 4.69) is 19.2 Å². The van der Waals surface area contributed by atoms with E-state index in [4.69, 9.17) is 9.47 Å². The third-order valence-corrected chi connectivity index (χ3v) is 3.03. The minimum atomic E-state index is -0.340. The van der Waals surface area contributed by atoms with Crippen LogP contribution in [0.5, 0.6) is 11.5 Å². The molecule has 0 saturated heterocycles. The van der Waals surface area contributed by atoms with Gasteiger partial charge >= 0.3 is 0 Å².